The second-order valence-corrected chi connectivity index (χ2v) is 5.70. The Kier molecular flexibility index (Phi) is 4.29. The number of nitrogens with zero attached hydrogens (tertiary/aromatic N) is 3. The van der Waals surface area contributed by atoms with E-state index in [1.807, 2.05) is 19.2 Å². The van der Waals surface area contributed by atoms with Crippen molar-refractivity contribution in [3.8, 4) is 11.4 Å². The summed E-state index contributed by atoms with van der Waals surface area (Å²) in [7, 11) is 0. The normalized spacial score (nSPS) is 22.4. The van der Waals surface area contributed by atoms with Crippen LogP contribution in [-0.4, -0.2) is 27.7 Å². The molecular formula is C16H22N4O. The summed E-state index contributed by atoms with van der Waals surface area (Å²) in [4.78, 5) is 8.76. The number of hydrogen-bond donors (Lipinski definition) is 1. The number of aromatic nitrogens is 3. The molecular weight excluding hydrogens is 264 g/mol. The first-order valence-electron chi connectivity index (χ1n) is 7.77. The van der Waals surface area contributed by atoms with Crippen LogP contribution in [0.5, 0.6) is 0 Å². The molecule has 21 heavy (non-hydrogen) atoms. The molecule has 2 heterocycles. The molecule has 1 saturated carbocycles. The molecule has 0 saturated heterocycles. The molecule has 2 aromatic heterocycles. The Bertz CT molecular complexity index is 593. The number of rotatable bonds is 4. The van der Waals surface area contributed by atoms with Crippen molar-refractivity contribution in [3.05, 3.63) is 29.9 Å². The van der Waals surface area contributed by atoms with E-state index in [9.17, 15) is 0 Å². The molecule has 3 rings (SSSR count). The SMILES string of the molecule is CCNC1CCCCC1c1nc(-c2ccncc2C)no1. The predicted molar refractivity (Wildman–Crippen MR) is 80.9 cm³/mol. The molecule has 1 fully saturated rings. The van der Waals surface area contributed by atoms with Crippen molar-refractivity contribution in [2.24, 2.45) is 0 Å². The maximum absolute atomic E-state index is 5.57. The third-order valence-electron chi connectivity index (χ3n) is 4.25. The van der Waals surface area contributed by atoms with Gasteiger partial charge in [0.25, 0.3) is 0 Å². The highest BCUT2D eigenvalue weighted by atomic mass is 16.5. The average Bonchev–Trinajstić information content (AvgIpc) is 2.98. The minimum Gasteiger partial charge on any atom is -0.339 e. The highest BCUT2D eigenvalue weighted by Crippen LogP contribution is 2.33. The first-order chi connectivity index (χ1) is 10.3. The summed E-state index contributed by atoms with van der Waals surface area (Å²) in [5, 5.41) is 7.73. The summed E-state index contributed by atoms with van der Waals surface area (Å²) in [6, 6.07) is 2.39. The lowest BCUT2D eigenvalue weighted by Crippen LogP contribution is -2.37. The van der Waals surface area contributed by atoms with Crippen LogP contribution in [-0.2, 0) is 0 Å². The molecule has 0 aromatic carbocycles. The van der Waals surface area contributed by atoms with E-state index >= 15 is 0 Å². The van der Waals surface area contributed by atoms with Gasteiger partial charge in [-0.3, -0.25) is 4.98 Å². The summed E-state index contributed by atoms with van der Waals surface area (Å²) in [5.74, 6) is 1.78. The van der Waals surface area contributed by atoms with Gasteiger partial charge in [0, 0.05) is 24.0 Å². The maximum atomic E-state index is 5.57. The topological polar surface area (TPSA) is 63.8 Å². The fourth-order valence-electron chi connectivity index (χ4n) is 3.15. The molecule has 5 heteroatoms. The molecule has 112 valence electrons. The summed E-state index contributed by atoms with van der Waals surface area (Å²) in [6.45, 7) is 5.14. The van der Waals surface area contributed by atoms with Crippen LogP contribution in [0, 0.1) is 6.92 Å². The maximum Gasteiger partial charge on any atom is 0.231 e. The Labute approximate surface area is 125 Å². The van der Waals surface area contributed by atoms with Gasteiger partial charge in [0.05, 0.1) is 5.92 Å². The van der Waals surface area contributed by atoms with Crippen LogP contribution >= 0.6 is 0 Å². The first-order valence-corrected chi connectivity index (χ1v) is 7.77. The molecule has 1 N–H and O–H groups in total. The fraction of sp³-hybridized carbons (Fsp3) is 0.562. The first kappa shape index (κ1) is 14.2. The summed E-state index contributed by atoms with van der Waals surface area (Å²) < 4.78 is 5.57. The van der Waals surface area contributed by atoms with Gasteiger partial charge in [0.1, 0.15) is 0 Å². The van der Waals surface area contributed by atoms with E-state index in [-0.39, 0.29) is 0 Å². The number of likely N-dealkylation sites (N-methyl/N-ethyl adjacent to an activating group) is 1. The molecule has 0 aliphatic heterocycles. The molecule has 0 spiro atoms. The van der Waals surface area contributed by atoms with Gasteiger partial charge in [-0.2, -0.15) is 4.98 Å². The third-order valence-corrected chi connectivity index (χ3v) is 4.25. The fourth-order valence-corrected chi connectivity index (χ4v) is 3.15. The summed E-state index contributed by atoms with van der Waals surface area (Å²) in [6.07, 6.45) is 8.41. The minimum atomic E-state index is 0.335. The van der Waals surface area contributed by atoms with E-state index in [0.717, 1.165) is 30.0 Å². The molecule has 2 atom stereocenters. The molecule has 0 amide bonds. The smallest absolute Gasteiger partial charge is 0.231 e. The van der Waals surface area contributed by atoms with Crippen molar-refractivity contribution in [1.82, 2.24) is 20.4 Å². The minimum absolute atomic E-state index is 0.335. The van der Waals surface area contributed by atoms with Gasteiger partial charge in [-0.05, 0) is 37.9 Å². The molecule has 5 nitrogen and oxygen atoms in total. The molecule has 0 radical (unpaired) electrons. The van der Waals surface area contributed by atoms with Gasteiger partial charge in [-0.15, -0.1) is 0 Å². The Hall–Kier alpha value is -1.75. The van der Waals surface area contributed by atoms with Crippen molar-refractivity contribution in [3.63, 3.8) is 0 Å². The van der Waals surface area contributed by atoms with Gasteiger partial charge in [-0.1, -0.05) is 24.9 Å². The van der Waals surface area contributed by atoms with E-state index in [4.69, 9.17) is 4.52 Å². The van der Waals surface area contributed by atoms with E-state index in [1.54, 1.807) is 6.20 Å². The molecule has 1 aliphatic rings. The average molecular weight is 286 g/mol. The van der Waals surface area contributed by atoms with Crippen molar-refractivity contribution in [1.29, 1.82) is 0 Å². The zero-order chi connectivity index (χ0) is 14.7. The quantitative estimate of drug-likeness (QED) is 0.935. The number of hydrogen-bond acceptors (Lipinski definition) is 5. The molecule has 2 unspecified atom stereocenters. The largest absolute Gasteiger partial charge is 0.339 e. The number of nitrogens with one attached hydrogen (secondary N) is 1. The van der Waals surface area contributed by atoms with Crippen LogP contribution in [0.15, 0.2) is 23.0 Å². The Morgan fingerprint density at radius 1 is 1.33 bits per heavy atom. The summed E-state index contributed by atoms with van der Waals surface area (Å²) in [5.41, 5.74) is 2.06. The van der Waals surface area contributed by atoms with Crippen molar-refractivity contribution < 1.29 is 4.52 Å². The van der Waals surface area contributed by atoms with Crippen LogP contribution < -0.4 is 5.32 Å². The predicted octanol–water partition coefficient (Wildman–Crippen LogP) is 3.08. The molecule has 1 aliphatic carbocycles. The number of aryl methyl sites for hydroxylation is 1. The van der Waals surface area contributed by atoms with Crippen LogP contribution in [0.25, 0.3) is 11.4 Å². The lowest BCUT2D eigenvalue weighted by Gasteiger charge is -2.29. The van der Waals surface area contributed by atoms with Crippen LogP contribution in [0.2, 0.25) is 0 Å². The monoisotopic (exact) mass is 286 g/mol. The zero-order valence-electron chi connectivity index (χ0n) is 12.7. The van der Waals surface area contributed by atoms with Crippen LogP contribution in [0.1, 0.15) is 50.0 Å². The lowest BCUT2D eigenvalue weighted by molar-refractivity contribution is 0.265. The van der Waals surface area contributed by atoms with Gasteiger partial charge in [0.2, 0.25) is 11.7 Å². The standard InChI is InChI=1S/C16H22N4O/c1-3-18-14-7-5-4-6-13(14)16-19-15(20-21-16)12-8-9-17-10-11(12)2/h8-10,13-14,18H,3-7H2,1-2H3. The van der Waals surface area contributed by atoms with Crippen LogP contribution in [0.4, 0.5) is 0 Å². The van der Waals surface area contributed by atoms with Crippen molar-refractivity contribution >= 4 is 0 Å². The third kappa shape index (κ3) is 2.97. The van der Waals surface area contributed by atoms with E-state index < -0.39 is 0 Å². The molecule has 0 bridgehead atoms. The van der Waals surface area contributed by atoms with Crippen molar-refractivity contribution in [2.45, 2.75) is 51.5 Å². The van der Waals surface area contributed by atoms with Gasteiger partial charge in [-0.25, -0.2) is 0 Å². The van der Waals surface area contributed by atoms with Crippen LogP contribution in [0.3, 0.4) is 0 Å². The highest BCUT2D eigenvalue weighted by Gasteiger charge is 2.30. The zero-order valence-corrected chi connectivity index (χ0v) is 12.7. The lowest BCUT2D eigenvalue weighted by atomic mass is 9.84. The number of pyridine rings is 1. The highest BCUT2D eigenvalue weighted by molar-refractivity contribution is 5.58. The van der Waals surface area contributed by atoms with Gasteiger partial charge in [0.15, 0.2) is 0 Å². The second-order valence-electron chi connectivity index (χ2n) is 5.70. The van der Waals surface area contributed by atoms with Gasteiger partial charge >= 0.3 is 0 Å². The summed E-state index contributed by atoms with van der Waals surface area (Å²) >= 11 is 0. The Balaban J connectivity index is 1.85. The molecule has 2 aromatic rings. The second kappa shape index (κ2) is 6.35. The van der Waals surface area contributed by atoms with Gasteiger partial charge < -0.3 is 9.84 Å². The van der Waals surface area contributed by atoms with E-state index in [0.29, 0.717) is 17.8 Å². The Morgan fingerprint density at radius 3 is 3.00 bits per heavy atom. The van der Waals surface area contributed by atoms with E-state index in [1.165, 1.54) is 19.3 Å². The van der Waals surface area contributed by atoms with Crippen molar-refractivity contribution in [2.75, 3.05) is 6.54 Å². The van der Waals surface area contributed by atoms with E-state index in [2.05, 4.69) is 27.4 Å². The Morgan fingerprint density at radius 2 is 2.19 bits per heavy atom.